The van der Waals surface area contributed by atoms with Gasteiger partial charge in [0.1, 0.15) is 5.82 Å². The van der Waals surface area contributed by atoms with Crippen LogP contribution in [0.1, 0.15) is 81.7 Å². The van der Waals surface area contributed by atoms with Gasteiger partial charge < -0.3 is 14.5 Å². The average molecular weight is 584 g/mol. The summed E-state index contributed by atoms with van der Waals surface area (Å²) in [6.45, 7) is 0.727. The number of ether oxygens (including phenoxy) is 1. The molecule has 1 amide bonds. The lowest BCUT2D eigenvalue weighted by Crippen LogP contribution is -2.42. The summed E-state index contributed by atoms with van der Waals surface area (Å²) in [7, 11) is 5.48. The number of hydrogen-bond acceptors (Lipinski definition) is 6. The first-order chi connectivity index (χ1) is 20.9. The standard InChI is InChI=1S/C35H45N5O3/c1-38(2)33-18-15-29(20-36-33)25-9-7-24(8-10-25)22-39(34(41)26-11-13-27(14-12-26)35(42)43-3)32-6-4-5-28(19-32)30-21-37-40(23-30)31-16-17-31/h4-6,15,18-21,23-27,31H,7-14,16-17,22H2,1-3H3. The highest BCUT2D eigenvalue weighted by Crippen LogP contribution is 2.39. The molecule has 2 heterocycles. The smallest absolute Gasteiger partial charge is 0.308 e. The first-order valence-corrected chi connectivity index (χ1v) is 16.1. The van der Waals surface area contributed by atoms with Crippen molar-refractivity contribution in [2.45, 2.75) is 76.2 Å². The fraction of sp³-hybridized carbons (Fsp3) is 0.543. The Kier molecular flexibility index (Phi) is 8.82. The molecule has 0 spiro atoms. The van der Waals surface area contributed by atoms with Gasteiger partial charge in [0, 0.05) is 50.2 Å². The lowest BCUT2D eigenvalue weighted by molar-refractivity contribution is -0.147. The zero-order chi connectivity index (χ0) is 29.9. The first kappa shape index (κ1) is 29.4. The largest absolute Gasteiger partial charge is 0.469 e. The monoisotopic (exact) mass is 583 g/mol. The molecule has 0 unspecified atom stereocenters. The molecule has 0 bridgehead atoms. The van der Waals surface area contributed by atoms with Crippen molar-refractivity contribution >= 4 is 23.4 Å². The highest BCUT2D eigenvalue weighted by atomic mass is 16.5. The molecule has 6 rings (SSSR count). The quantitative estimate of drug-likeness (QED) is 0.263. The van der Waals surface area contributed by atoms with Crippen LogP contribution in [0.15, 0.2) is 55.0 Å². The molecular formula is C35H45N5O3. The molecular weight excluding hydrogens is 538 g/mol. The van der Waals surface area contributed by atoms with Crippen LogP contribution < -0.4 is 9.80 Å². The van der Waals surface area contributed by atoms with Crippen LogP contribution in [0.4, 0.5) is 11.5 Å². The second-order valence-electron chi connectivity index (χ2n) is 13.1. The molecule has 0 saturated heterocycles. The van der Waals surface area contributed by atoms with E-state index in [0.29, 0.717) is 30.7 Å². The molecule has 3 aliphatic rings. The number of rotatable bonds is 9. The number of nitrogens with zero attached hydrogens (tertiary/aromatic N) is 5. The van der Waals surface area contributed by atoms with E-state index < -0.39 is 0 Å². The SMILES string of the molecule is COC(=O)C1CCC(C(=O)N(CC2CCC(c3ccc(N(C)C)nc3)CC2)c2cccc(-c3cnn(C4CC4)c3)c2)CC1. The summed E-state index contributed by atoms with van der Waals surface area (Å²) < 4.78 is 7.06. The van der Waals surface area contributed by atoms with E-state index in [4.69, 9.17) is 4.74 Å². The lowest BCUT2D eigenvalue weighted by atomic mass is 9.78. The summed E-state index contributed by atoms with van der Waals surface area (Å²) in [4.78, 5) is 35.1. The summed E-state index contributed by atoms with van der Waals surface area (Å²) in [5.74, 6) is 1.83. The highest BCUT2D eigenvalue weighted by Gasteiger charge is 2.35. The zero-order valence-corrected chi connectivity index (χ0v) is 25.8. The maximum atomic E-state index is 14.2. The van der Waals surface area contributed by atoms with Gasteiger partial charge in [-0.3, -0.25) is 14.3 Å². The van der Waals surface area contributed by atoms with E-state index in [1.54, 1.807) is 0 Å². The van der Waals surface area contributed by atoms with Crippen molar-refractivity contribution in [2.75, 3.05) is 37.5 Å². The van der Waals surface area contributed by atoms with Crippen molar-refractivity contribution < 1.29 is 14.3 Å². The summed E-state index contributed by atoms with van der Waals surface area (Å²) in [5.41, 5.74) is 4.46. The van der Waals surface area contributed by atoms with Gasteiger partial charge in [-0.05, 0) is 105 Å². The maximum Gasteiger partial charge on any atom is 0.308 e. The van der Waals surface area contributed by atoms with Crippen LogP contribution in [0.3, 0.4) is 0 Å². The van der Waals surface area contributed by atoms with Crippen molar-refractivity contribution in [1.29, 1.82) is 0 Å². The van der Waals surface area contributed by atoms with Crippen LogP contribution in [-0.2, 0) is 14.3 Å². The van der Waals surface area contributed by atoms with E-state index in [1.807, 2.05) is 31.4 Å². The molecule has 0 atom stereocenters. The predicted molar refractivity (Wildman–Crippen MR) is 169 cm³/mol. The van der Waals surface area contributed by atoms with Crippen LogP contribution in [-0.4, -0.2) is 54.4 Å². The predicted octanol–water partition coefficient (Wildman–Crippen LogP) is 6.63. The molecule has 43 heavy (non-hydrogen) atoms. The Morgan fingerprint density at radius 2 is 1.63 bits per heavy atom. The number of pyridine rings is 1. The minimum Gasteiger partial charge on any atom is -0.469 e. The third kappa shape index (κ3) is 6.78. The average Bonchev–Trinajstić information content (AvgIpc) is 3.79. The van der Waals surface area contributed by atoms with Gasteiger partial charge in [-0.15, -0.1) is 0 Å². The molecule has 0 N–H and O–H groups in total. The van der Waals surface area contributed by atoms with Crippen LogP contribution in [0, 0.1) is 17.8 Å². The molecule has 1 aromatic carbocycles. The van der Waals surface area contributed by atoms with E-state index in [0.717, 1.165) is 67.7 Å². The van der Waals surface area contributed by atoms with Crippen molar-refractivity contribution in [1.82, 2.24) is 14.8 Å². The summed E-state index contributed by atoms with van der Waals surface area (Å²) in [5, 5.41) is 4.60. The number of hydrogen-bond donors (Lipinski definition) is 0. The molecule has 3 fully saturated rings. The second kappa shape index (κ2) is 12.9. The first-order valence-electron chi connectivity index (χ1n) is 16.1. The number of benzene rings is 1. The molecule has 3 aromatic rings. The molecule has 2 aromatic heterocycles. The van der Waals surface area contributed by atoms with Gasteiger partial charge in [0.15, 0.2) is 0 Å². The van der Waals surface area contributed by atoms with Crippen molar-refractivity contribution in [3.05, 3.63) is 60.6 Å². The third-order valence-corrected chi connectivity index (χ3v) is 9.88. The van der Waals surface area contributed by atoms with Gasteiger partial charge in [-0.25, -0.2) is 4.98 Å². The van der Waals surface area contributed by atoms with Crippen LogP contribution >= 0.6 is 0 Å². The Hall–Kier alpha value is -3.68. The fourth-order valence-electron chi connectivity index (χ4n) is 7.01. The van der Waals surface area contributed by atoms with Crippen LogP contribution in [0.5, 0.6) is 0 Å². The number of carbonyl (C=O) groups excluding carboxylic acids is 2. The minimum absolute atomic E-state index is 0.0696. The summed E-state index contributed by atoms with van der Waals surface area (Å²) in [6, 6.07) is 13.3. The fourth-order valence-corrected chi connectivity index (χ4v) is 7.01. The number of amides is 1. The van der Waals surface area contributed by atoms with Gasteiger partial charge >= 0.3 is 5.97 Å². The third-order valence-electron chi connectivity index (χ3n) is 9.88. The van der Waals surface area contributed by atoms with Gasteiger partial charge in [-0.1, -0.05) is 18.2 Å². The Balaban J connectivity index is 1.18. The number of anilines is 2. The topological polar surface area (TPSA) is 80.6 Å². The Bertz CT molecular complexity index is 1400. The van der Waals surface area contributed by atoms with E-state index in [1.165, 1.54) is 25.5 Å². The number of carbonyl (C=O) groups is 2. The lowest BCUT2D eigenvalue weighted by Gasteiger charge is -2.36. The number of methoxy groups -OCH3 is 1. The van der Waals surface area contributed by atoms with Crippen LogP contribution in [0.25, 0.3) is 11.1 Å². The number of aromatic nitrogens is 3. The Morgan fingerprint density at radius 3 is 2.28 bits per heavy atom. The molecule has 0 radical (unpaired) electrons. The molecule has 0 aliphatic heterocycles. The van der Waals surface area contributed by atoms with E-state index in [2.05, 4.69) is 62.3 Å². The number of esters is 1. The Labute approximate surface area is 255 Å². The normalized spacial score (nSPS) is 23.9. The van der Waals surface area contributed by atoms with Gasteiger partial charge in [0.25, 0.3) is 0 Å². The van der Waals surface area contributed by atoms with Gasteiger partial charge in [0.2, 0.25) is 5.91 Å². The van der Waals surface area contributed by atoms with Crippen molar-refractivity contribution in [3.63, 3.8) is 0 Å². The van der Waals surface area contributed by atoms with Gasteiger partial charge in [0.05, 0.1) is 25.3 Å². The van der Waals surface area contributed by atoms with E-state index in [9.17, 15) is 9.59 Å². The van der Waals surface area contributed by atoms with E-state index >= 15 is 0 Å². The zero-order valence-electron chi connectivity index (χ0n) is 25.8. The molecule has 228 valence electrons. The molecule has 3 aliphatic carbocycles. The summed E-state index contributed by atoms with van der Waals surface area (Å²) in [6.07, 6.45) is 15.8. The van der Waals surface area contributed by atoms with Crippen LogP contribution in [0.2, 0.25) is 0 Å². The Morgan fingerprint density at radius 1 is 0.884 bits per heavy atom. The van der Waals surface area contributed by atoms with Crippen molar-refractivity contribution in [3.8, 4) is 11.1 Å². The molecule has 8 nitrogen and oxygen atoms in total. The van der Waals surface area contributed by atoms with E-state index in [-0.39, 0.29) is 23.7 Å². The maximum absolute atomic E-state index is 14.2. The van der Waals surface area contributed by atoms with Crippen molar-refractivity contribution in [2.24, 2.45) is 17.8 Å². The molecule has 3 saturated carbocycles. The summed E-state index contributed by atoms with van der Waals surface area (Å²) >= 11 is 0. The minimum atomic E-state index is -0.148. The second-order valence-corrected chi connectivity index (χ2v) is 13.1. The van der Waals surface area contributed by atoms with Gasteiger partial charge in [-0.2, -0.15) is 5.10 Å². The molecule has 8 heteroatoms. The highest BCUT2D eigenvalue weighted by molar-refractivity contribution is 5.96.